The van der Waals surface area contributed by atoms with Crippen LogP contribution in [0, 0.1) is 17.0 Å². The molecule has 0 fully saturated rings. The van der Waals surface area contributed by atoms with Crippen LogP contribution in [0.3, 0.4) is 0 Å². The SMILES string of the molecule is CNCCCC[C@H](NC(C)=O)C(=O)CCCNC(=O)[C@@H](N)CCN(C(=O)CO)[C@@H](c1cc(-c2cc(F)ccc2F)cn1Cc1ccccc1)C(C)(C)C. The Morgan fingerprint density at radius 1 is 0.962 bits per heavy atom. The van der Waals surface area contributed by atoms with Crippen molar-refractivity contribution in [3.05, 3.63) is 83.7 Å². The van der Waals surface area contributed by atoms with Gasteiger partial charge in [-0.1, -0.05) is 51.1 Å². The Morgan fingerprint density at radius 3 is 2.32 bits per heavy atom. The number of benzene rings is 2. The summed E-state index contributed by atoms with van der Waals surface area (Å²) in [5.41, 5.74) is 7.74. The molecule has 290 valence electrons. The van der Waals surface area contributed by atoms with Gasteiger partial charge in [0.2, 0.25) is 17.7 Å². The molecule has 1 heterocycles. The van der Waals surface area contributed by atoms with Crippen LogP contribution in [-0.4, -0.2) is 83.5 Å². The Hall–Kier alpha value is -4.46. The van der Waals surface area contributed by atoms with Gasteiger partial charge in [-0.05, 0) is 80.9 Å². The molecule has 0 saturated carbocycles. The van der Waals surface area contributed by atoms with Gasteiger partial charge in [0.1, 0.15) is 18.2 Å². The molecule has 3 rings (SSSR count). The van der Waals surface area contributed by atoms with E-state index in [-0.39, 0.29) is 43.2 Å². The maximum Gasteiger partial charge on any atom is 0.248 e. The summed E-state index contributed by atoms with van der Waals surface area (Å²) in [4.78, 5) is 52.5. The minimum Gasteiger partial charge on any atom is -0.387 e. The van der Waals surface area contributed by atoms with E-state index >= 15 is 4.39 Å². The molecule has 0 radical (unpaired) electrons. The number of amides is 3. The molecule has 53 heavy (non-hydrogen) atoms. The van der Waals surface area contributed by atoms with Crippen LogP contribution in [0.15, 0.2) is 60.8 Å². The predicted molar refractivity (Wildman–Crippen MR) is 202 cm³/mol. The van der Waals surface area contributed by atoms with E-state index in [9.17, 15) is 28.7 Å². The van der Waals surface area contributed by atoms with E-state index in [1.807, 2.05) is 62.7 Å². The first-order chi connectivity index (χ1) is 25.2. The first-order valence-electron chi connectivity index (χ1n) is 18.2. The van der Waals surface area contributed by atoms with Gasteiger partial charge in [0.25, 0.3) is 0 Å². The van der Waals surface area contributed by atoms with E-state index in [2.05, 4.69) is 16.0 Å². The standard InChI is InChI=1S/C40H56F2N6O5/c1-27(50)46-34(14-9-10-19-44-5)36(51)15-11-20-45-39(53)33(43)18-21-48(37(52)26-49)38(40(2,3)4)35-22-29(31-23-30(41)16-17-32(31)42)25-47(35)24-28-12-7-6-8-13-28/h6-8,12-13,16-17,22-23,25,33-34,38,44,49H,9-11,14-15,18-21,24,26,43H2,1-5H3,(H,45,53)(H,46,50)/t33-,34-,38-/m0/s1. The third kappa shape index (κ3) is 13.2. The van der Waals surface area contributed by atoms with E-state index in [4.69, 9.17) is 5.73 Å². The number of nitrogens with one attached hydrogen (secondary N) is 3. The van der Waals surface area contributed by atoms with E-state index in [1.165, 1.54) is 11.8 Å². The molecule has 11 nitrogen and oxygen atoms in total. The molecule has 6 N–H and O–H groups in total. The Labute approximate surface area is 311 Å². The highest BCUT2D eigenvalue weighted by Gasteiger charge is 2.37. The van der Waals surface area contributed by atoms with Gasteiger partial charge in [-0.25, -0.2) is 8.78 Å². The number of halogens is 2. The molecule has 3 aromatic rings. The van der Waals surface area contributed by atoms with Gasteiger partial charge in [-0.3, -0.25) is 19.2 Å². The lowest BCUT2D eigenvalue weighted by molar-refractivity contribution is -0.140. The molecule has 1 aromatic heterocycles. The second-order valence-corrected chi connectivity index (χ2v) is 14.5. The van der Waals surface area contributed by atoms with Crippen molar-refractivity contribution in [3.63, 3.8) is 0 Å². The second-order valence-electron chi connectivity index (χ2n) is 14.5. The average Bonchev–Trinajstić information content (AvgIpc) is 3.51. The van der Waals surface area contributed by atoms with Crippen LogP contribution < -0.4 is 21.7 Å². The molecule has 0 aliphatic rings. The Balaban J connectivity index is 1.77. The fraction of sp³-hybridized carbons (Fsp3) is 0.500. The molecule has 0 saturated heterocycles. The molecule has 0 unspecified atom stereocenters. The number of hydrogen-bond donors (Lipinski definition) is 5. The Bertz CT molecular complexity index is 1660. The van der Waals surface area contributed by atoms with Crippen LogP contribution in [0.4, 0.5) is 8.78 Å². The number of aromatic nitrogens is 1. The number of ketones is 1. The summed E-state index contributed by atoms with van der Waals surface area (Å²) in [6.45, 7) is 7.79. The smallest absolute Gasteiger partial charge is 0.248 e. The summed E-state index contributed by atoms with van der Waals surface area (Å²) in [6, 6.07) is 12.3. The van der Waals surface area contributed by atoms with Gasteiger partial charge in [0, 0.05) is 56.0 Å². The number of aliphatic hydroxyl groups is 1. The zero-order valence-corrected chi connectivity index (χ0v) is 31.6. The molecule has 3 atom stereocenters. The summed E-state index contributed by atoms with van der Waals surface area (Å²) in [5, 5.41) is 18.6. The fourth-order valence-corrected chi connectivity index (χ4v) is 6.50. The zero-order chi connectivity index (χ0) is 39.1. The minimum atomic E-state index is -1.01. The van der Waals surface area contributed by atoms with Gasteiger partial charge in [0.05, 0.1) is 18.1 Å². The van der Waals surface area contributed by atoms with E-state index in [0.717, 1.165) is 43.1 Å². The molecule has 0 aliphatic carbocycles. The summed E-state index contributed by atoms with van der Waals surface area (Å²) in [6.07, 6.45) is 4.51. The number of Topliss-reactive ketones (excluding diaryl/α,β-unsaturated/α-hetero) is 1. The lowest BCUT2D eigenvalue weighted by Gasteiger charge is -2.41. The molecule has 0 aliphatic heterocycles. The van der Waals surface area contributed by atoms with Gasteiger partial charge in [-0.2, -0.15) is 0 Å². The predicted octanol–water partition coefficient (Wildman–Crippen LogP) is 4.47. The number of carbonyl (C=O) groups is 4. The summed E-state index contributed by atoms with van der Waals surface area (Å²) in [7, 11) is 1.85. The van der Waals surface area contributed by atoms with Crippen molar-refractivity contribution in [1.82, 2.24) is 25.4 Å². The van der Waals surface area contributed by atoms with Crippen molar-refractivity contribution in [2.45, 2.75) is 90.9 Å². The topological polar surface area (TPSA) is 159 Å². The Morgan fingerprint density at radius 2 is 1.68 bits per heavy atom. The normalized spacial score (nSPS) is 13.2. The van der Waals surface area contributed by atoms with Crippen LogP contribution in [0.25, 0.3) is 11.1 Å². The highest BCUT2D eigenvalue weighted by molar-refractivity contribution is 5.88. The van der Waals surface area contributed by atoms with Gasteiger partial charge >= 0.3 is 0 Å². The fourth-order valence-electron chi connectivity index (χ4n) is 6.50. The largest absolute Gasteiger partial charge is 0.387 e. The molecule has 3 amide bonds. The second kappa shape index (κ2) is 20.7. The number of nitrogens with two attached hydrogens (primary N) is 1. The summed E-state index contributed by atoms with van der Waals surface area (Å²) >= 11 is 0. The first kappa shape index (κ1) is 42.9. The number of aliphatic hydroxyl groups excluding tert-OH is 1. The lowest BCUT2D eigenvalue weighted by atomic mass is 9.82. The number of rotatable bonds is 21. The van der Waals surface area contributed by atoms with Crippen molar-refractivity contribution in [2.75, 3.05) is 33.3 Å². The van der Waals surface area contributed by atoms with Crippen molar-refractivity contribution in [3.8, 4) is 11.1 Å². The molecule has 2 aromatic carbocycles. The lowest BCUT2D eigenvalue weighted by Crippen LogP contribution is -2.47. The van der Waals surface area contributed by atoms with Crippen molar-refractivity contribution < 1.29 is 33.1 Å². The molecular weight excluding hydrogens is 682 g/mol. The maximum atomic E-state index is 15.0. The molecule has 0 spiro atoms. The van der Waals surface area contributed by atoms with E-state index < -0.39 is 53.6 Å². The minimum absolute atomic E-state index is 0.0144. The summed E-state index contributed by atoms with van der Waals surface area (Å²) in [5.74, 6) is -2.60. The summed E-state index contributed by atoms with van der Waals surface area (Å²) < 4.78 is 31.2. The van der Waals surface area contributed by atoms with Gasteiger partial charge in [0.15, 0.2) is 5.78 Å². The van der Waals surface area contributed by atoms with Crippen LogP contribution in [0.5, 0.6) is 0 Å². The molecule has 13 heteroatoms. The average molecular weight is 739 g/mol. The van der Waals surface area contributed by atoms with Crippen LogP contribution in [-0.2, 0) is 25.7 Å². The third-order valence-electron chi connectivity index (χ3n) is 9.09. The highest BCUT2D eigenvalue weighted by Crippen LogP contribution is 2.41. The maximum absolute atomic E-state index is 15.0. The first-order valence-corrected chi connectivity index (χ1v) is 18.2. The number of hydrogen-bond acceptors (Lipinski definition) is 7. The van der Waals surface area contributed by atoms with E-state index in [0.29, 0.717) is 30.6 Å². The third-order valence-corrected chi connectivity index (χ3v) is 9.09. The number of unbranched alkanes of at least 4 members (excludes halogenated alkanes) is 1. The molecule has 0 bridgehead atoms. The van der Waals surface area contributed by atoms with Crippen LogP contribution in [0.2, 0.25) is 0 Å². The van der Waals surface area contributed by atoms with Crippen molar-refractivity contribution in [1.29, 1.82) is 0 Å². The quantitative estimate of drug-likeness (QED) is 0.101. The number of carbonyl (C=O) groups excluding carboxylic acids is 4. The van der Waals surface area contributed by atoms with Gasteiger partial charge in [-0.15, -0.1) is 0 Å². The zero-order valence-electron chi connectivity index (χ0n) is 31.6. The van der Waals surface area contributed by atoms with Crippen LogP contribution in [0.1, 0.15) is 83.5 Å². The highest BCUT2D eigenvalue weighted by atomic mass is 19.1. The van der Waals surface area contributed by atoms with Crippen molar-refractivity contribution >= 4 is 23.5 Å². The van der Waals surface area contributed by atoms with E-state index in [1.54, 1.807) is 12.3 Å². The van der Waals surface area contributed by atoms with Gasteiger partial charge < -0.3 is 36.3 Å². The number of nitrogens with zero attached hydrogens (tertiary/aromatic N) is 2. The van der Waals surface area contributed by atoms with Crippen LogP contribution >= 0.6 is 0 Å². The Kier molecular flexibility index (Phi) is 16.8. The molecular formula is C40H56F2N6O5. The van der Waals surface area contributed by atoms with Crippen molar-refractivity contribution in [2.24, 2.45) is 11.1 Å². The monoisotopic (exact) mass is 738 g/mol.